The van der Waals surface area contributed by atoms with E-state index in [1.807, 2.05) is 0 Å². The van der Waals surface area contributed by atoms with Gasteiger partial charge in [-0.1, -0.05) is 6.92 Å². The molecule has 0 unspecified atom stereocenters. The zero-order chi connectivity index (χ0) is 14.4. The van der Waals surface area contributed by atoms with Gasteiger partial charge >= 0.3 is 5.97 Å². The van der Waals surface area contributed by atoms with Crippen LogP contribution in [0, 0.1) is 0 Å². The van der Waals surface area contributed by atoms with Crippen molar-refractivity contribution in [2.45, 2.75) is 19.4 Å². The lowest BCUT2D eigenvalue weighted by Gasteiger charge is -2.13. The van der Waals surface area contributed by atoms with E-state index in [9.17, 15) is 9.59 Å². The molecule has 104 valence electrons. The second-order valence-corrected chi connectivity index (χ2v) is 3.84. The number of carboxylic acid groups (broad SMARTS) is 1. The molecule has 0 aliphatic rings. The molecule has 0 bridgehead atoms. The summed E-state index contributed by atoms with van der Waals surface area (Å²) in [6.45, 7) is 1.69. The van der Waals surface area contributed by atoms with E-state index in [0.29, 0.717) is 23.5 Å². The van der Waals surface area contributed by atoms with E-state index < -0.39 is 17.9 Å². The first-order valence-electron chi connectivity index (χ1n) is 5.79. The van der Waals surface area contributed by atoms with Crippen LogP contribution in [0.5, 0.6) is 11.5 Å². The number of hydrogen-bond donors (Lipinski definition) is 2. The number of nitrogens with one attached hydrogen (secondary N) is 1. The Hall–Kier alpha value is -2.24. The van der Waals surface area contributed by atoms with Gasteiger partial charge < -0.3 is 19.9 Å². The number of carboxylic acids is 1. The molecule has 0 fully saturated rings. The fourth-order valence-corrected chi connectivity index (χ4v) is 1.56. The Kier molecular flexibility index (Phi) is 5.17. The minimum atomic E-state index is -1.06. The van der Waals surface area contributed by atoms with Crippen LogP contribution in [0.1, 0.15) is 23.7 Å². The zero-order valence-electron chi connectivity index (χ0n) is 11.1. The van der Waals surface area contributed by atoms with Crippen molar-refractivity contribution in [2.75, 3.05) is 14.2 Å². The Labute approximate surface area is 111 Å². The first kappa shape index (κ1) is 14.8. The summed E-state index contributed by atoms with van der Waals surface area (Å²) in [7, 11) is 2.96. The molecule has 1 atom stereocenters. The van der Waals surface area contributed by atoms with Crippen LogP contribution in [-0.4, -0.2) is 37.2 Å². The van der Waals surface area contributed by atoms with Gasteiger partial charge in [-0.2, -0.15) is 0 Å². The van der Waals surface area contributed by atoms with Gasteiger partial charge in [-0.3, -0.25) is 4.79 Å². The lowest BCUT2D eigenvalue weighted by molar-refractivity contribution is -0.139. The zero-order valence-corrected chi connectivity index (χ0v) is 11.1. The van der Waals surface area contributed by atoms with Gasteiger partial charge in [-0.05, 0) is 24.6 Å². The molecule has 0 heterocycles. The molecular formula is C13H17NO5. The van der Waals surface area contributed by atoms with Gasteiger partial charge in [0, 0.05) is 5.56 Å². The topological polar surface area (TPSA) is 84.9 Å². The monoisotopic (exact) mass is 267 g/mol. The third-order valence-corrected chi connectivity index (χ3v) is 2.66. The van der Waals surface area contributed by atoms with Gasteiger partial charge in [0.1, 0.15) is 6.04 Å². The van der Waals surface area contributed by atoms with E-state index in [0.717, 1.165) is 0 Å². The van der Waals surface area contributed by atoms with Crippen molar-refractivity contribution < 1.29 is 24.2 Å². The molecule has 0 aromatic heterocycles. The van der Waals surface area contributed by atoms with E-state index in [1.54, 1.807) is 19.1 Å². The summed E-state index contributed by atoms with van der Waals surface area (Å²) in [5.41, 5.74) is 0.317. The standard InChI is InChI=1S/C13H17NO5/c1-4-9(13(16)17)14-12(15)8-5-6-10(18-2)11(7-8)19-3/h5-7,9H,4H2,1-3H3,(H,14,15)(H,16,17)/t9-/m0/s1. The van der Waals surface area contributed by atoms with Crippen molar-refractivity contribution in [1.82, 2.24) is 5.32 Å². The summed E-state index contributed by atoms with van der Waals surface area (Å²) in [5.74, 6) is -0.602. The molecular weight excluding hydrogens is 250 g/mol. The minimum absolute atomic E-state index is 0.314. The third-order valence-electron chi connectivity index (χ3n) is 2.66. The van der Waals surface area contributed by atoms with E-state index in [4.69, 9.17) is 14.6 Å². The maximum Gasteiger partial charge on any atom is 0.326 e. The summed E-state index contributed by atoms with van der Waals surface area (Å²) in [4.78, 5) is 22.8. The number of amides is 1. The normalized spacial score (nSPS) is 11.5. The Bertz CT molecular complexity index is 472. The van der Waals surface area contributed by atoms with Crippen molar-refractivity contribution >= 4 is 11.9 Å². The molecule has 1 rings (SSSR count). The molecule has 1 amide bonds. The Morgan fingerprint density at radius 1 is 1.26 bits per heavy atom. The Morgan fingerprint density at radius 2 is 1.89 bits per heavy atom. The third kappa shape index (κ3) is 3.61. The molecule has 19 heavy (non-hydrogen) atoms. The number of ether oxygens (including phenoxy) is 2. The van der Waals surface area contributed by atoms with E-state index >= 15 is 0 Å². The highest BCUT2D eigenvalue weighted by molar-refractivity contribution is 5.97. The molecule has 0 spiro atoms. The minimum Gasteiger partial charge on any atom is -0.493 e. The van der Waals surface area contributed by atoms with Crippen molar-refractivity contribution in [3.8, 4) is 11.5 Å². The molecule has 6 nitrogen and oxygen atoms in total. The van der Waals surface area contributed by atoms with Crippen LogP contribution >= 0.6 is 0 Å². The molecule has 0 saturated carbocycles. The molecule has 1 aromatic rings. The summed E-state index contributed by atoms with van der Waals surface area (Å²) in [5, 5.41) is 11.3. The number of aliphatic carboxylic acids is 1. The number of rotatable bonds is 6. The molecule has 6 heteroatoms. The number of carbonyl (C=O) groups excluding carboxylic acids is 1. The molecule has 0 radical (unpaired) electrons. The largest absolute Gasteiger partial charge is 0.493 e. The molecule has 0 saturated heterocycles. The van der Waals surface area contributed by atoms with Crippen LogP contribution in [0.15, 0.2) is 18.2 Å². The van der Waals surface area contributed by atoms with Crippen molar-refractivity contribution in [2.24, 2.45) is 0 Å². The van der Waals surface area contributed by atoms with Gasteiger partial charge in [0.05, 0.1) is 14.2 Å². The van der Waals surface area contributed by atoms with Gasteiger partial charge in [-0.25, -0.2) is 4.79 Å². The van der Waals surface area contributed by atoms with Crippen LogP contribution in [0.2, 0.25) is 0 Å². The molecule has 2 N–H and O–H groups in total. The van der Waals surface area contributed by atoms with Crippen molar-refractivity contribution in [3.05, 3.63) is 23.8 Å². The summed E-state index contributed by atoms with van der Waals surface area (Å²) >= 11 is 0. The van der Waals surface area contributed by atoms with Crippen LogP contribution in [0.3, 0.4) is 0 Å². The Balaban J connectivity index is 2.91. The van der Waals surface area contributed by atoms with Gasteiger partial charge in [0.25, 0.3) is 5.91 Å². The second-order valence-electron chi connectivity index (χ2n) is 3.84. The summed E-state index contributed by atoms with van der Waals surface area (Å²) < 4.78 is 10.1. The summed E-state index contributed by atoms with van der Waals surface area (Å²) in [6.07, 6.45) is 0.314. The lowest BCUT2D eigenvalue weighted by Crippen LogP contribution is -2.40. The van der Waals surface area contributed by atoms with Gasteiger partial charge in [0.15, 0.2) is 11.5 Å². The smallest absolute Gasteiger partial charge is 0.326 e. The average molecular weight is 267 g/mol. The fraction of sp³-hybridized carbons (Fsp3) is 0.385. The molecule has 0 aliphatic heterocycles. The van der Waals surface area contributed by atoms with Crippen LogP contribution < -0.4 is 14.8 Å². The number of methoxy groups -OCH3 is 2. The maximum absolute atomic E-state index is 11.9. The highest BCUT2D eigenvalue weighted by Crippen LogP contribution is 2.27. The van der Waals surface area contributed by atoms with Crippen LogP contribution in [0.25, 0.3) is 0 Å². The van der Waals surface area contributed by atoms with E-state index in [2.05, 4.69) is 5.32 Å². The maximum atomic E-state index is 11.9. The molecule has 1 aromatic carbocycles. The predicted octanol–water partition coefficient (Wildman–Crippen LogP) is 1.30. The van der Waals surface area contributed by atoms with E-state index in [-0.39, 0.29) is 0 Å². The van der Waals surface area contributed by atoms with E-state index in [1.165, 1.54) is 20.3 Å². The van der Waals surface area contributed by atoms with Crippen molar-refractivity contribution in [1.29, 1.82) is 0 Å². The fourth-order valence-electron chi connectivity index (χ4n) is 1.56. The van der Waals surface area contributed by atoms with Crippen LogP contribution in [0.4, 0.5) is 0 Å². The second kappa shape index (κ2) is 6.63. The Morgan fingerprint density at radius 3 is 2.37 bits per heavy atom. The first-order chi connectivity index (χ1) is 9.03. The SMILES string of the molecule is CC[C@H](NC(=O)c1ccc(OC)c(OC)c1)C(=O)O. The number of benzene rings is 1. The quantitative estimate of drug-likeness (QED) is 0.811. The first-order valence-corrected chi connectivity index (χ1v) is 5.79. The van der Waals surface area contributed by atoms with Gasteiger partial charge in [-0.15, -0.1) is 0 Å². The van der Waals surface area contributed by atoms with Gasteiger partial charge in [0.2, 0.25) is 0 Å². The lowest BCUT2D eigenvalue weighted by atomic mass is 10.1. The number of carbonyl (C=O) groups is 2. The highest BCUT2D eigenvalue weighted by atomic mass is 16.5. The highest BCUT2D eigenvalue weighted by Gasteiger charge is 2.19. The molecule has 0 aliphatic carbocycles. The van der Waals surface area contributed by atoms with Crippen LogP contribution in [-0.2, 0) is 4.79 Å². The average Bonchev–Trinajstić information content (AvgIpc) is 2.43. The predicted molar refractivity (Wildman–Crippen MR) is 68.7 cm³/mol. The van der Waals surface area contributed by atoms with Crippen molar-refractivity contribution in [3.63, 3.8) is 0 Å². The number of hydrogen-bond acceptors (Lipinski definition) is 4. The summed E-state index contributed by atoms with van der Waals surface area (Å²) in [6, 6.07) is 3.74.